The Morgan fingerprint density at radius 1 is 0.932 bits per heavy atom. The molecule has 44 heavy (non-hydrogen) atoms. The molecule has 0 spiro atoms. The number of fused-ring (bicyclic) bond motifs is 2. The molecule has 3 aromatic carbocycles. The molecule has 0 saturated carbocycles. The van der Waals surface area contributed by atoms with E-state index in [4.69, 9.17) is 14.2 Å². The summed E-state index contributed by atoms with van der Waals surface area (Å²) in [5, 5.41) is 12.6. The molecule has 1 fully saturated rings. The highest BCUT2D eigenvalue weighted by atomic mass is 16.7. The van der Waals surface area contributed by atoms with Crippen LogP contribution in [0.25, 0.3) is 32.8 Å². The molecular weight excluding hydrogens is 556 g/mol. The number of aromatic nitrogens is 2. The molecule has 6 rings (SSSR count). The highest BCUT2D eigenvalue weighted by molar-refractivity contribution is 5.98. The summed E-state index contributed by atoms with van der Waals surface area (Å²) < 4.78 is 17.5. The molecule has 0 amide bonds. The summed E-state index contributed by atoms with van der Waals surface area (Å²) in [7, 11) is 2.15. The average Bonchev–Trinajstić information content (AvgIpc) is 3.37. The number of aromatic amines is 1. The number of carbonyl (C=O) groups is 1. The molecule has 9 nitrogen and oxygen atoms in total. The second-order valence-corrected chi connectivity index (χ2v) is 11.3. The number of likely N-dealkylation sites (N-methyl/N-ethyl adjacent to an activating group) is 1. The van der Waals surface area contributed by atoms with Crippen molar-refractivity contribution < 1.29 is 24.1 Å². The number of piperazine rings is 1. The summed E-state index contributed by atoms with van der Waals surface area (Å²) >= 11 is 0. The quantitative estimate of drug-likeness (QED) is 0.134. The molecule has 3 heterocycles. The van der Waals surface area contributed by atoms with Gasteiger partial charge in [-0.2, -0.15) is 0 Å². The van der Waals surface area contributed by atoms with E-state index in [9.17, 15) is 9.90 Å². The molecular formula is C35H38N4O5. The molecule has 1 aliphatic rings. The van der Waals surface area contributed by atoms with Gasteiger partial charge in [-0.1, -0.05) is 54.6 Å². The second kappa shape index (κ2) is 13.4. The van der Waals surface area contributed by atoms with Crippen molar-refractivity contribution >= 4 is 27.8 Å². The Labute approximate surface area is 257 Å². The molecule has 2 N–H and O–H groups in total. The zero-order chi connectivity index (χ0) is 30.5. The number of nitrogens with zero attached hydrogens (tertiary/aromatic N) is 3. The average molecular weight is 595 g/mol. The van der Waals surface area contributed by atoms with E-state index in [-0.39, 0.29) is 5.88 Å². The van der Waals surface area contributed by atoms with Gasteiger partial charge in [0.25, 0.3) is 0 Å². The van der Waals surface area contributed by atoms with Crippen LogP contribution in [0.1, 0.15) is 17.5 Å². The molecule has 0 atom stereocenters. The first-order valence-corrected chi connectivity index (χ1v) is 15.1. The van der Waals surface area contributed by atoms with Gasteiger partial charge in [-0.15, -0.1) is 0 Å². The number of carboxylic acid groups (broad SMARTS) is 1. The third kappa shape index (κ3) is 6.64. The first-order valence-electron chi connectivity index (χ1n) is 15.1. The number of ether oxygens (including phenoxy) is 3. The normalized spacial score (nSPS) is 14.2. The van der Waals surface area contributed by atoms with Gasteiger partial charge in [0, 0.05) is 66.9 Å². The number of nitrogens with one attached hydrogen (secondary N) is 1. The van der Waals surface area contributed by atoms with Crippen molar-refractivity contribution in [3.05, 3.63) is 84.1 Å². The van der Waals surface area contributed by atoms with Gasteiger partial charge in [0.1, 0.15) is 12.4 Å². The van der Waals surface area contributed by atoms with Gasteiger partial charge in [0.15, 0.2) is 0 Å². The monoisotopic (exact) mass is 594 g/mol. The van der Waals surface area contributed by atoms with Crippen molar-refractivity contribution in [3.8, 4) is 28.6 Å². The second-order valence-electron chi connectivity index (χ2n) is 11.3. The van der Waals surface area contributed by atoms with E-state index in [1.165, 1.54) is 0 Å². The Morgan fingerprint density at radius 3 is 2.55 bits per heavy atom. The van der Waals surface area contributed by atoms with Crippen LogP contribution in [0.15, 0.2) is 72.9 Å². The Morgan fingerprint density at radius 2 is 1.70 bits per heavy atom. The number of pyridine rings is 1. The number of hydrogen-bond donors (Lipinski definition) is 2. The van der Waals surface area contributed by atoms with Crippen molar-refractivity contribution in [2.24, 2.45) is 0 Å². The van der Waals surface area contributed by atoms with Crippen LogP contribution in [0, 0.1) is 6.92 Å². The molecule has 228 valence electrons. The van der Waals surface area contributed by atoms with E-state index < -0.39 is 6.16 Å². The standard InChI is InChI=1S/C35H38N4O5/c1-24-23-36-32(43-21-19-39-17-15-38(2)16-18-39)22-30(24)28-12-6-11-27-29(34(37-33(27)28)44-35(40)41)13-7-20-42-31-14-5-9-25-8-3-4-10-26(25)31/h3-6,8-12,14,22-23,37H,7,13,15-21H2,1-2H3,(H,40,41). The smallest absolute Gasteiger partial charge is 0.493 e. The fourth-order valence-electron chi connectivity index (χ4n) is 5.87. The number of para-hydroxylation sites is 1. The largest absolute Gasteiger partial charge is 0.512 e. The molecule has 0 bridgehead atoms. The van der Waals surface area contributed by atoms with E-state index in [0.717, 1.165) is 82.4 Å². The van der Waals surface area contributed by atoms with Crippen molar-refractivity contribution in [1.82, 2.24) is 19.8 Å². The fourth-order valence-corrected chi connectivity index (χ4v) is 5.87. The highest BCUT2D eigenvalue weighted by Crippen LogP contribution is 2.37. The van der Waals surface area contributed by atoms with E-state index in [0.29, 0.717) is 31.9 Å². The lowest BCUT2D eigenvalue weighted by molar-refractivity contribution is 0.132. The van der Waals surface area contributed by atoms with E-state index >= 15 is 0 Å². The van der Waals surface area contributed by atoms with Crippen LogP contribution in [0.4, 0.5) is 4.79 Å². The molecule has 0 aliphatic carbocycles. The summed E-state index contributed by atoms with van der Waals surface area (Å²) in [5.41, 5.74) is 4.51. The van der Waals surface area contributed by atoms with E-state index in [2.05, 4.69) is 45.0 Å². The summed E-state index contributed by atoms with van der Waals surface area (Å²) in [5.74, 6) is 1.64. The van der Waals surface area contributed by atoms with E-state index in [1.54, 1.807) is 0 Å². The minimum absolute atomic E-state index is 0.237. The molecule has 9 heteroatoms. The van der Waals surface area contributed by atoms with Crippen LogP contribution in [-0.4, -0.2) is 84.0 Å². The van der Waals surface area contributed by atoms with Gasteiger partial charge in [-0.3, -0.25) is 4.90 Å². The summed E-state index contributed by atoms with van der Waals surface area (Å²) in [4.78, 5) is 24.2. The highest BCUT2D eigenvalue weighted by Gasteiger charge is 2.20. The summed E-state index contributed by atoms with van der Waals surface area (Å²) in [6.45, 7) is 8.13. The Hall–Kier alpha value is -4.60. The van der Waals surface area contributed by atoms with Gasteiger partial charge >= 0.3 is 6.16 Å². The zero-order valence-electron chi connectivity index (χ0n) is 25.2. The molecule has 1 aliphatic heterocycles. The minimum atomic E-state index is -1.36. The van der Waals surface area contributed by atoms with Crippen LogP contribution >= 0.6 is 0 Å². The topological polar surface area (TPSA) is 100 Å². The van der Waals surface area contributed by atoms with Crippen molar-refractivity contribution in [2.75, 3.05) is 53.0 Å². The van der Waals surface area contributed by atoms with Crippen molar-refractivity contribution in [1.29, 1.82) is 0 Å². The maximum absolute atomic E-state index is 11.6. The van der Waals surface area contributed by atoms with Gasteiger partial charge in [0.2, 0.25) is 11.8 Å². The number of hydrogen-bond acceptors (Lipinski definition) is 7. The fraction of sp³-hybridized carbons (Fsp3) is 0.314. The summed E-state index contributed by atoms with van der Waals surface area (Å²) in [6.07, 6.45) is 1.72. The number of H-pyrrole nitrogens is 1. The minimum Gasteiger partial charge on any atom is -0.493 e. The predicted molar refractivity (Wildman–Crippen MR) is 172 cm³/mol. The molecule has 0 unspecified atom stereocenters. The first-order chi connectivity index (χ1) is 21.5. The lowest BCUT2D eigenvalue weighted by Gasteiger charge is -2.32. The van der Waals surface area contributed by atoms with E-state index in [1.807, 2.05) is 61.7 Å². The third-order valence-electron chi connectivity index (χ3n) is 8.29. The van der Waals surface area contributed by atoms with Crippen molar-refractivity contribution in [2.45, 2.75) is 19.8 Å². The number of rotatable bonds is 11. The van der Waals surface area contributed by atoms with Crippen LogP contribution in [0.3, 0.4) is 0 Å². The van der Waals surface area contributed by atoms with Gasteiger partial charge in [0.05, 0.1) is 12.1 Å². The SMILES string of the molecule is Cc1cnc(OCCN2CCN(C)CC2)cc1-c1cccc2c(CCCOc3cccc4ccccc34)c(OC(=O)O)[nH]c12. The van der Waals surface area contributed by atoms with Gasteiger partial charge in [-0.05, 0) is 49.4 Å². The van der Waals surface area contributed by atoms with Crippen molar-refractivity contribution in [3.63, 3.8) is 0 Å². The Balaban J connectivity index is 1.20. The Bertz CT molecular complexity index is 1750. The van der Waals surface area contributed by atoms with Crippen LogP contribution in [0.5, 0.6) is 17.5 Å². The molecule has 0 radical (unpaired) electrons. The predicted octanol–water partition coefficient (Wildman–Crippen LogP) is 6.39. The Kier molecular flexibility index (Phi) is 8.95. The van der Waals surface area contributed by atoms with Gasteiger partial charge in [-0.25, -0.2) is 9.78 Å². The molecule has 2 aromatic heterocycles. The van der Waals surface area contributed by atoms with Crippen LogP contribution < -0.4 is 14.2 Å². The number of benzene rings is 3. The maximum atomic E-state index is 11.6. The number of aryl methyl sites for hydroxylation is 2. The van der Waals surface area contributed by atoms with Crippen LogP contribution in [-0.2, 0) is 6.42 Å². The zero-order valence-corrected chi connectivity index (χ0v) is 25.2. The lowest BCUT2D eigenvalue weighted by atomic mass is 9.98. The van der Waals surface area contributed by atoms with Crippen LogP contribution in [0.2, 0.25) is 0 Å². The summed E-state index contributed by atoms with van der Waals surface area (Å²) in [6, 6.07) is 22.1. The molecule has 5 aromatic rings. The van der Waals surface area contributed by atoms with Gasteiger partial charge < -0.3 is 29.2 Å². The first kappa shape index (κ1) is 29.5. The molecule has 1 saturated heterocycles. The maximum Gasteiger partial charge on any atom is 0.512 e. The lowest BCUT2D eigenvalue weighted by Crippen LogP contribution is -2.45. The third-order valence-corrected chi connectivity index (χ3v) is 8.29.